The lowest BCUT2D eigenvalue weighted by molar-refractivity contribution is -0.150. The maximum absolute atomic E-state index is 12.1. The highest BCUT2D eigenvalue weighted by Crippen LogP contribution is 2.15. The molecule has 1 saturated heterocycles. The highest BCUT2D eigenvalue weighted by Gasteiger charge is 2.33. The highest BCUT2D eigenvalue weighted by molar-refractivity contribution is 5.80. The first kappa shape index (κ1) is 17.4. The molecule has 0 bridgehead atoms. The van der Waals surface area contributed by atoms with Crippen molar-refractivity contribution < 1.29 is 14.3 Å². The number of esters is 1. The fourth-order valence-corrected chi connectivity index (χ4v) is 2.62. The molecule has 0 aliphatic carbocycles. The van der Waals surface area contributed by atoms with Crippen molar-refractivity contribution in [3.63, 3.8) is 0 Å². The maximum atomic E-state index is 12.1. The van der Waals surface area contributed by atoms with Crippen molar-refractivity contribution >= 4 is 5.97 Å². The summed E-state index contributed by atoms with van der Waals surface area (Å²) in [5.74, 6) is -0.138. The molecule has 1 heterocycles. The van der Waals surface area contributed by atoms with Crippen molar-refractivity contribution in [1.29, 1.82) is 0 Å². The lowest BCUT2D eigenvalue weighted by Crippen LogP contribution is -2.50. The summed E-state index contributed by atoms with van der Waals surface area (Å²) < 4.78 is 10.6. The zero-order valence-corrected chi connectivity index (χ0v) is 13.2. The number of likely N-dealkylation sites (N-methyl/N-ethyl adjacent to an activating group) is 1. The second kappa shape index (κ2) is 9.32. The Hall–Kier alpha value is -0.650. The van der Waals surface area contributed by atoms with Crippen LogP contribution in [0.25, 0.3) is 0 Å². The van der Waals surface area contributed by atoms with Crippen LogP contribution < -0.4 is 5.32 Å². The Labute approximate surface area is 123 Å². The summed E-state index contributed by atoms with van der Waals surface area (Å²) in [4.78, 5) is 14.5. The standard InChI is InChI=1S/C15H30N2O3/c1-4-16-15(3,14(18)20-5-2)8-6-9-17-10-7-12-19-13-11-17/h16H,4-13H2,1-3H3. The van der Waals surface area contributed by atoms with E-state index in [9.17, 15) is 4.79 Å². The van der Waals surface area contributed by atoms with Crippen molar-refractivity contribution in [1.82, 2.24) is 10.2 Å². The Kier molecular flexibility index (Phi) is 8.11. The molecule has 1 atom stereocenters. The lowest BCUT2D eigenvalue weighted by atomic mass is 9.95. The van der Waals surface area contributed by atoms with Gasteiger partial charge < -0.3 is 19.7 Å². The van der Waals surface area contributed by atoms with Gasteiger partial charge in [-0.3, -0.25) is 4.79 Å². The average molecular weight is 286 g/mol. The number of carbonyl (C=O) groups is 1. The Morgan fingerprint density at radius 3 is 2.85 bits per heavy atom. The van der Waals surface area contributed by atoms with Crippen LogP contribution in [0, 0.1) is 0 Å². The normalized spacial score (nSPS) is 20.1. The molecule has 1 rings (SSSR count). The molecule has 0 radical (unpaired) electrons. The Morgan fingerprint density at radius 2 is 2.15 bits per heavy atom. The predicted molar refractivity (Wildman–Crippen MR) is 79.8 cm³/mol. The first-order valence-corrected chi connectivity index (χ1v) is 7.84. The fourth-order valence-electron chi connectivity index (χ4n) is 2.62. The average Bonchev–Trinajstić information content (AvgIpc) is 2.68. The number of carbonyl (C=O) groups excluding carboxylic acids is 1. The molecule has 1 fully saturated rings. The number of hydrogen-bond donors (Lipinski definition) is 1. The highest BCUT2D eigenvalue weighted by atomic mass is 16.5. The van der Waals surface area contributed by atoms with E-state index in [1.807, 2.05) is 20.8 Å². The van der Waals surface area contributed by atoms with Crippen LogP contribution in [0.3, 0.4) is 0 Å². The number of nitrogens with one attached hydrogen (secondary N) is 1. The van der Waals surface area contributed by atoms with Crippen molar-refractivity contribution in [2.75, 3.05) is 46.0 Å². The van der Waals surface area contributed by atoms with Gasteiger partial charge in [0.05, 0.1) is 13.2 Å². The minimum Gasteiger partial charge on any atom is -0.465 e. The zero-order valence-electron chi connectivity index (χ0n) is 13.2. The molecule has 0 spiro atoms. The molecule has 0 aromatic carbocycles. The maximum Gasteiger partial charge on any atom is 0.326 e. The third kappa shape index (κ3) is 5.77. The van der Waals surface area contributed by atoms with Crippen molar-refractivity contribution in [3.05, 3.63) is 0 Å². The summed E-state index contributed by atoms with van der Waals surface area (Å²) in [5, 5.41) is 3.28. The topological polar surface area (TPSA) is 50.8 Å². The van der Waals surface area contributed by atoms with Gasteiger partial charge in [0.1, 0.15) is 5.54 Å². The summed E-state index contributed by atoms with van der Waals surface area (Å²) in [6.07, 6.45) is 2.89. The van der Waals surface area contributed by atoms with Crippen LogP contribution in [0.15, 0.2) is 0 Å². The molecule has 1 aliphatic rings. The number of nitrogens with zero attached hydrogens (tertiary/aromatic N) is 1. The van der Waals surface area contributed by atoms with Crippen LogP contribution in [0.2, 0.25) is 0 Å². The third-order valence-electron chi connectivity index (χ3n) is 3.76. The molecule has 0 aromatic rings. The first-order valence-electron chi connectivity index (χ1n) is 7.84. The van der Waals surface area contributed by atoms with Crippen molar-refractivity contribution in [2.45, 2.75) is 45.6 Å². The Balaban J connectivity index is 2.39. The van der Waals surface area contributed by atoms with Crippen LogP contribution in [-0.4, -0.2) is 62.4 Å². The van der Waals surface area contributed by atoms with E-state index in [0.717, 1.165) is 58.7 Å². The molecular weight excluding hydrogens is 256 g/mol. The summed E-state index contributed by atoms with van der Waals surface area (Å²) in [6, 6.07) is 0. The monoisotopic (exact) mass is 286 g/mol. The van der Waals surface area contributed by atoms with Gasteiger partial charge in [0, 0.05) is 19.7 Å². The second-order valence-electron chi connectivity index (χ2n) is 5.49. The zero-order chi connectivity index (χ0) is 14.8. The molecule has 20 heavy (non-hydrogen) atoms. The molecule has 0 amide bonds. The van der Waals surface area contributed by atoms with E-state index in [1.54, 1.807) is 0 Å². The summed E-state index contributed by atoms with van der Waals surface area (Å²) >= 11 is 0. The second-order valence-corrected chi connectivity index (χ2v) is 5.49. The van der Waals surface area contributed by atoms with Gasteiger partial charge in [-0.2, -0.15) is 0 Å². The van der Waals surface area contributed by atoms with Gasteiger partial charge in [-0.1, -0.05) is 6.92 Å². The van der Waals surface area contributed by atoms with Gasteiger partial charge in [-0.15, -0.1) is 0 Å². The van der Waals surface area contributed by atoms with Gasteiger partial charge in [0.15, 0.2) is 0 Å². The molecule has 5 nitrogen and oxygen atoms in total. The SMILES string of the molecule is CCNC(C)(CCCN1CCCOCC1)C(=O)OCC. The van der Waals surface area contributed by atoms with Gasteiger partial charge in [0.2, 0.25) is 0 Å². The summed E-state index contributed by atoms with van der Waals surface area (Å²) in [6.45, 7) is 11.8. The largest absolute Gasteiger partial charge is 0.465 e. The van der Waals surface area contributed by atoms with Gasteiger partial charge in [0.25, 0.3) is 0 Å². The molecule has 1 unspecified atom stereocenters. The molecule has 118 valence electrons. The number of hydrogen-bond acceptors (Lipinski definition) is 5. The molecule has 5 heteroatoms. The number of rotatable bonds is 8. The van der Waals surface area contributed by atoms with Crippen molar-refractivity contribution in [2.24, 2.45) is 0 Å². The van der Waals surface area contributed by atoms with Gasteiger partial charge >= 0.3 is 5.97 Å². The molecular formula is C15H30N2O3. The van der Waals surface area contributed by atoms with Crippen LogP contribution in [0.4, 0.5) is 0 Å². The van der Waals surface area contributed by atoms with Gasteiger partial charge in [-0.25, -0.2) is 0 Å². The Bertz CT molecular complexity index is 278. The predicted octanol–water partition coefficient (Wildman–Crippen LogP) is 1.42. The van der Waals surface area contributed by atoms with E-state index < -0.39 is 5.54 Å². The minimum atomic E-state index is -0.562. The summed E-state index contributed by atoms with van der Waals surface area (Å²) in [7, 11) is 0. The lowest BCUT2D eigenvalue weighted by Gasteiger charge is -2.29. The van der Waals surface area contributed by atoms with E-state index in [0.29, 0.717) is 6.61 Å². The van der Waals surface area contributed by atoms with Crippen molar-refractivity contribution in [3.8, 4) is 0 Å². The molecule has 0 saturated carbocycles. The first-order chi connectivity index (χ1) is 9.62. The smallest absolute Gasteiger partial charge is 0.326 e. The third-order valence-corrected chi connectivity index (χ3v) is 3.76. The Morgan fingerprint density at radius 1 is 1.35 bits per heavy atom. The molecule has 1 N–H and O–H groups in total. The quantitative estimate of drug-likeness (QED) is 0.684. The van der Waals surface area contributed by atoms with Crippen LogP contribution >= 0.6 is 0 Å². The van der Waals surface area contributed by atoms with E-state index in [-0.39, 0.29) is 5.97 Å². The van der Waals surface area contributed by atoms with Gasteiger partial charge in [-0.05, 0) is 46.2 Å². The minimum absolute atomic E-state index is 0.138. The van der Waals surface area contributed by atoms with E-state index in [4.69, 9.17) is 9.47 Å². The molecule has 1 aliphatic heterocycles. The van der Waals surface area contributed by atoms with E-state index in [2.05, 4.69) is 10.2 Å². The van der Waals surface area contributed by atoms with Crippen LogP contribution in [-0.2, 0) is 14.3 Å². The summed E-state index contributed by atoms with van der Waals surface area (Å²) in [5.41, 5.74) is -0.562. The van der Waals surface area contributed by atoms with E-state index >= 15 is 0 Å². The van der Waals surface area contributed by atoms with Crippen LogP contribution in [0.1, 0.15) is 40.0 Å². The fraction of sp³-hybridized carbons (Fsp3) is 0.933. The van der Waals surface area contributed by atoms with E-state index in [1.165, 1.54) is 0 Å². The molecule has 0 aromatic heterocycles. The number of ether oxygens (including phenoxy) is 2. The van der Waals surface area contributed by atoms with Crippen LogP contribution in [0.5, 0.6) is 0 Å².